The van der Waals surface area contributed by atoms with Crippen molar-refractivity contribution in [1.82, 2.24) is 0 Å². The summed E-state index contributed by atoms with van der Waals surface area (Å²) in [5.41, 5.74) is 0.405. The van der Waals surface area contributed by atoms with E-state index in [0.29, 0.717) is 23.7 Å². The van der Waals surface area contributed by atoms with Crippen LogP contribution in [0.3, 0.4) is 0 Å². The average molecular weight is 249 g/mol. The summed E-state index contributed by atoms with van der Waals surface area (Å²) in [6.45, 7) is 3.77. The van der Waals surface area contributed by atoms with Crippen molar-refractivity contribution < 1.29 is 14.2 Å². The van der Waals surface area contributed by atoms with Crippen LogP contribution in [0.2, 0.25) is 0 Å². The van der Waals surface area contributed by atoms with Crippen molar-refractivity contribution in [3.8, 4) is 23.3 Å². The van der Waals surface area contributed by atoms with Crippen molar-refractivity contribution in [3.63, 3.8) is 0 Å². The van der Waals surface area contributed by atoms with Gasteiger partial charge in [0.1, 0.15) is 17.2 Å². The van der Waals surface area contributed by atoms with Crippen LogP contribution < -0.4 is 14.2 Å². The van der Waals surface area contributed by atoms with Gasteiger partial charge in [0.15, 0.2) is 0 Å². The van der Waals surface area contributed by atoms with Gasteiger partial charge in [-0.25, -0.2) is 0 Å². The van der Waals surface area contributed by atoms with Crippen LogP contribution in [0.25, 0.3) is 0 Å². The van der Waals surface area contributed by atoms with Crippen LogP contribution >= 0.6 is 0 Å². The molecule has 0 radical (unpaired) electrons. The standard InChI is InChI=1S/C14H19NO3/c1-14(2,9-15)8-11-12(17-4)6-10(16-3)7-13(11)18-5/h6-7H,8H2,1-5H3. The van der Waals surface area contributed by atoms with Gasteiger partial charge in [0.05, 0.1) is 32.8 Å². The molecule has 0 aliphatic rings. The van der Waals surface area contributed by atoms with E-state index in [4.69, 9.17) is 19.5 Å². The minimum Gasteiger partial charge on any atom is -0.496 e. The first-order chi connectivity index (χ1) is 8.47. The molecule has 0 amide bonds. The first-order valence-corrected chi connectivity index (χ1v) is 5.67. The third kappa shape index (κ3) is 3.07. The molecule has 1 rings (SSSR count). The van der Waals surface area contributed by atoms with Gasteiger partial charge in [0.25, 0.3) is 0 Å². The summed E-state index contributed by atoms with van der Waals surface area (Å²) in [7, 11) is 4.78. The smallest absolute Gasteiger partial charge is 0.129 e. The molecule has 0 N–H and O–H groups in total. The maximum absolute atomic E-state index is 9.13. The van der Waals surface area contributed by atoms with Gasteiger partial charge in [0.2, 0.25) is 0 Å². The minimum absolute atomic E-state index is 0.477. The minimum atomic E-state index is -0.477. The van der Waals surface area contributed by atoms with Crippen LogP contribution in [0.1, 0.15) is 19.4 Å². The molecule has 0 aliphatic heterocycles. The molecule has 0 fully saturated rings. The van der Waals surface area contributed by atoms with E-state index >= 15 is 0 Å². The number of benzene rings is 1. The first-order valence-electron chi connectivity index (χ1n) is 5.67. The second-order valence-electron chi connectivity index (χ2n) is 4.68. The Hall–Kier alpha value is -1.89. The fraction of sp³-hybridized carbons (Fsp3) is 0.500. The van der Waals surface area contributed by atoms with Crippen LogP contribution in [0.4, 0.5) is 0 Å². The molecule has 4 heteroatoms. The van der Waals surface area contributed by atoms with Gasteiger partial charge >= 0.3 is 0 Å². The van der Waals surface area contributed by atoms with E-state index in [9.17, 15) is 0 Å². The fourth-order valence-corrected chi connectivity index (χ4v) is 1.73. The summed E-state index contributed by atoms with van der Waals surface area (Å²) < 4.78 is 15.9. The lowest BCUT2D eigenvalue weighted by molar-refractivity contribution is 0.359. The second-order valence-corrected chi connectivity index (χ2v) is 4.68. The molecule has 1 aromatic rings. The van der Waals surface area contributed by atoms with Gasteiger partial charge in [-0.1, -0.05) is 0 Å². The molecule has 98 valence electrons. The highest BCUT2D eigenvalue weighted by Crippen LogP contribution is 2.37. The van der Waals surface area contributed by atoms with E-state index in [1.807, 2.05) is 13.8 Å². The summed E-state index contributed by atoms with van der Waals surface area (Å²) in [5.74, 6) is 2.02. The SMILES string of the molecule is COc1cc(OC)c(CC(C)(C)C#N)c(OC)c1. The van der Waals surface area contributed by atoms with Gasteiger partial charge < -0.3 is 14.2 Å². The number of methoxy groups -OCH3 is 3. The molecule has 0 saturated heterocycles. The average Bonchev–Trinajstić information content (AvgIpc) is 2.38. The lowest BCUT2D eigenvalue weighted by atomic mass is 9.86. The van der Waals surface area contributed by atoms with Crippen molar-refractivity contribution >= 4 is 0 Å². The Balaban J connectivity index is 3.28. The van der Waals surface area contributed by atoms with Gasteiger partial charge in [-0.15, -0.1) is 0 Å². The number of hydrogen-bond donors (Lipinski definition) is 0. The first kappa shape index (κ1) is 14.2. The Kier molecular flexibility index (Phi) is 4.43. The van der Waals surface area contributed by atoms with Crippen LogP contribution in [0, 0.1) is 16.7 Å². The van der Waals surface area contributed by atoms with Gasteiger partial charge in [-0.2, -0.15) is 5.26 Å². The number of rotatable bonds is 5. The molecule has 0 unspecified atom stereocenters. The molecule has 1 aromatic carbocycles. The van der Waals surface area contributed by atoms with Crippen LogP contribution in [-0.4, -0.2) is 21.3 Å². The van der Waals surface area contributed by atoms with E-state index in [-0.39, 0.29) is 0 Å². The van der Waals surface area contributed by atoms with Crippen molar-refractivity contribution in [3.05, 3.63) is 17.7 Å². The summed E-state index contributed by atoms with van der Waals surface area (Å²) >= 11 is 0. The molecule has 0 atom stereocenters. The highest BCUT2D eigenvalue weighted by molar-refractivity contribution is 5.51. The molecule has 4 nitrogen and oxygen atoms in total. The second kappa shape index (κ2) is 5.63. The largest absolute Gasteiger partial charge is 0.496 e. The van der Waals surface area contributed by atoms with E-state index in [2.05, 4.69) is 6.07 Å². The quantitative estimate of drug-likeness (QED) is 0.805. The number of nitrogens with zero attached hydrogens (tertiary/aromatic N) is 1. The molecular formula is C14H19NO3. The maximum atomic E-state index is 9.13. The van der Waals surface area contributed by atoms with Crippen LogP contribution in [-0.2, 0) is 6.42 Å². The van der Waals surface area contributed by atoms with Gasteiger partial charge in [-0.05, 0) is 20.3 Å². The Morgan fingerprint density at radius 1 is 1.06 bits per heavy atom. The molecule has 0 aromatic heterocycles. The molecule has 0 spiro atoms. The zero-order valence-electron chi connectivity index (χ0n) is 11.5. The zero-order chi connectivity index (χ0) is 13.8. The van der Waals surface area contributed by atoms with Crippen molar-refractivity contribution in [2.45, 2.75) is 20.3 Å². The predicted octanol–water partition coefficient (Wildman–Crippen LogP) is 2.80. The van der Waals surface area contributed by atoms with Gasteiger partial charge in [-0.3, -0.25) is 0 Å². The topological polar surface area (TPSA) is 51.5 Å². The molecule has 0 aliphatic carbocycles. The predicted molar refractivity (Wildman–Crippen MR) is 69.2 cm³/mol. The maximum Gasteiger partial charge on any atom is 0.129 e. The summed E-state index contributed by atoms with van der Waals surface area (Å²) in [5, 5.41) is 9.13. The Morgan fingerprint density at radius 2 is 1.56 bits per heavy atom. The molecule has 0 bridgehead atoms. The normalized spacial score (nSPS) is 10.7. The third-order valence-electron chi connectivity index (χ3n) is 2.74. The van der Waals surface area contributed by atoms with Gasteiger partial charge in [0, 0.05) is 17.7 Å². The van der Waals surface area contributed by atoms with E-state index in [1.54, 1.807) is 33.5 Å². The highest BCUT2D eigenvalue weighted by Gasteiger charge is 2.23. The lowest BCUT2D eigenvalue weighted by Gasteiger charge is -2.20. The van der Waals surface area contributed by atoms with Crippen LogP contribution in [0.15, 0.2) is 12.1 Å². The highest BCUT2D eigenvalue weighted by atomic mass is 16.5. The fourth-order valence-electron chi connectivity index (χ4n) is 1.73. The van der Waals surface area contributed by atoms with Crippen molar-refractivity contribution in [1.29, 1.82) is 5.26 Å². The third-order valence-corrected chi connectivity index (χ3v) is 2.74. The zero-order valence-corrected chi connectivity index (χ0v) is 11.5. The molecule has 18 heavy (non-hydrogen) atoms. The summed E-state index contributed by atoms with van der Waals surface area (Å²) in [4.78, 5) is 0. The summed E-state index contributed by atoms with van der Waals surface area (Å²) in [6, 6.07) is 5.87. The van der Waals surface area contributed by atoms with Crippen LogP contribution in [0.5, 0.6) is 17.2 Å². The summed E-state index contributed by atoms with van der Waals surface area (Å²) in [6.07, 6.45) is 0.555. The number of nitriles is 1. The van der Waals surface area contributed by atoms with E-state index in [1.165, 1.54) is 0 Å². The molecule has 0 saturated carbocycles. The van der Waals surface area contributed by atoms with Crippen molar-refractivity contribution in [2.24, 2.45) is 5.41 Å². The number of ether oxygens (including phenoxy) is 3. The Bertz CT molecular complexity index is 436. The van der Waals surface area contributed by atoms with E-state index in [0.717, 1.165) is 5.56 Å². The monoisotopic (exact) mass is 249 g/mol. The Morgan fingerprint density at radius 3 is 1.89 bits per heavy atom. The van der Waals surface area contributed by atoms with E-state index < -0.39 is 5.41 Å². The lowest BCUT2D eigenvalue weighted by Crippen LogP contribution is -2.13. The Labute approximate surface area is 108 Å². The molecular weight excluding hydrogens is 230 g/mol. The number of hydrogen-bond acceptors (Lipinski definition) is 4. The van der Waals surface area contributed by atoms with Crippen molar-refractivity contribution in [2.75, 3.05) is 21.3 Å². The molecule has 0 heterocycles.